The minimum Gasteiger partial charge on any atom is -0.496 e. The van der Waals surface area contributed by atoms with Crippen molar-refractivity contribution in [3.8, 4) is 5.75 Å². The molecule has 1 fully saturated rings. The second-order valence-electron chi connectivity index (χ2n) is 5.65. The minimum absolute atomic E-state index is 0.265. The van der Waals surface area contributed by atoms with Gasteiger partial charge in [-0.2, -0.15) is 0 Å². The van der Waals surface area contributed by atoms with Crippen LogP contribution in [-0.4, -0.2) is 42.3 Å². The number of esters is 1. The van der Waals surface area contributed by atoms with Gasteiger partial charge in [0.05, 0.1) is 19.1 Å². The molecule has 1 aliphatic rings. The number of carbonyl (C=O) groups is 3. The number of benzene rings is 2. The lowest BCUT2D eigenvalue weighted by molar-refractivity contribution is -0.148. The number of rotatable bonds is 4. The molecule has 0 aliphatic carbocycles. The maximum Gasteiger partial charge on any atom is 0.328 e. The summed E-state index contributed by atoms with van der Waals surface area (Å²) in [6, 6.07) is 10.3. The molecule has 0 aromatic heterocycles. The van der Waals surface area contributed by atoms with Crippen LogP contribution in [0.2, 0.25) is 0 Å². The van der Waals surface area contributed by atoms with Crippen LogP contribution in [0.1, 0.15) is 12.5 Å². The normalized spacial score (nSPS) is 17.0. The Balaban J connectivity index is 2.02. The van der Waals surface area contributed by atoms with Gasteiger partial charge in [-0.3, -0.25) is 14.5 Å². The number of ether oxygens (including phenoxy) is 2. The zero-order valence-corrected chi connectivity index (χ0v) is 15.3. The Bertz CT molecular complexity index is 937. The standard InChI is InChI=1S/C19H17NO5S/c1-11(18(22)25-3)20-17(21)16(26-19(20)23)10-12-8-9-15(24-2)14-7-5-4-6-13(12)14/h4-11H,1-3H3/b16-10+/t11-/m1/s1. The number of hydrogen-bond acceptors (Lipinski definition) is 6. The fourth-order valence-electron chi connectivity index (χ4n) is 2.83. The van der Waals surface area contributed by atoms with E-state index in [0.29, 0.717) is 0 Å². The van der Waals surface area contributed by atoms with Crippen LogP contribution < -0.4 is 4.74 Å². The molecule has 0 bridgehead atoms. The van der Waals surface area contributed by atoms with Gasteiger partial charge in [-0.15, -0.1) is 0 Å². The van der Waals surface area contributed by atoms with Gasteiger partial charge in [-0.25, -0.2) is 4.79 Å². The van der Waals surface area contributed by atoms with Gasteiger partial charge in [0.15, 0.2) is 0 Å². The average molecular weight is 371 g/mol. The van der Waals surface area contributed by atoms with Crippen LogP contribution in [0.25, 0.3) is 16.8 Å². The first kappa shape index (κ1) is 18.0. The fraction of sp³-hybridized carbons (Fsp3) is 0.211. The molecule has 0 saturated carbocycles. The lowest BCUT2D eigenvalue weighted by atomic mass is 10.0. The summed E-state index contributed by atoms with van der Waals surface area (Å²) < 4.78 is 10.0. The van der Waals surface area contributed by atoms with E-state index in [1.54, 1.807) is 13.2 Å². The highest BCUT2D eigenvalue weighted by Gasteiger charge is 2.41. The van der Waals surface area contributed by atoms with Crippen molar-refractivity contribution in [1.29, 1.82) is 0 Å². The van der Waals surface area contributed by atoms with Crippen molar-refractivity contribution in [2.24, 2.45) is 0 Å². The molecule has 6 nitrogen and oxygen atoms in total. The van der Waals surface area contributed by atoms with E-state index >= 15 is 0 Å². The van der Waals surface area contributed by atoms with Crippen LogP contribution in [-0.2, 0) is 14.3 Å². The molecule has 1 aliphatic heterocycles. The van der Waals surface area contributed by atoms with Crippen molar-refractivity contribution in [2.75, 3.05) is 14.2 Å². The Morgan fingerprint density at radius 3 is 2.46 bits per heavy atom. The second-order valence-corrected chi connectivity index (χ2v) is 6.65. The van der Waals surface area contributed by atoms with Gasteiger partial charge in [0.1, 0.15) is 11.8 Å². The summed E-state index contributed by atoms with van der Waals surface area (Å²) in [6.07, 6.45) is 1.66. The molecule has 0 spiro atoms. The van der Waals surface area contributed by atoms with Gasteiger partial charge in [0, 0.05) is 5.39 Å². The number of fused-ring (bicyclic) bond motifs is 1. The van der Waals surface area contributed by atoms with E-state index in [-0.39, 0.29) is 4.91 Å². The SMILES string of the molecule is COC(=O)[C@@H](C)N1C(=O)S/C(=C/c2ccc(OC)c3ccccc23)C1=O. The molecule has 2 aromatic carbocycles. The summed E-state index contributed by atoms with van der Waals surface area (Å²) in [5.41, 5.74) is 0.789. The van der Waals surface area contributed by atoms with Crippen LogP contribution in [0.15, 0.2) is 41.3 Å². The second kappa shape index (κ2) is 7.21. The topological polar surface area (TPSA) is 72.9 Å². The molecule has 1 atom stereocenters. The first-order valence-electron chi connectivity index (χ1n) is 7.88. The molecule has 3 rings (SSSR count). The Morgan fingerprint density at radius 1 is 1.12 bits per heavy atom. The summed E-state index contributed by atoms with van der Waals surface area (Å²) in [7, 11) is 2.82. The van der Waals surface area contributed by atoms with Gasteiger partial charge in [0.25, 0.3) is 11.1 Å². The Morgan fingerprint density at radius 2 is 1.81 bits per heavy atom. The monoisotopic (exact) mass is 371 g/mol. The third-order valence-corrected chi connectivity index (χ3v) is 5.06. The summed E-state index contributed by atoms with van der Waals surface area (Å²) in [4.78, 5) is 37.7. The third-order valence-electron chi connectivity index (χ3n) is 4.18. The zero-order chi connectivity index (χ0) is 18.8. The van der Waals surface area contributed by atoms with Crippen molar-refractivity contribution in [2.45, 2.75) is 13.0 Å². The Labute approximate surface area is 154 Å². The van der Waals surface area contributed by atoms with Gasteiger partial charge < -0.3 is 9.47 Å². The van der Waals surface area contributed by atoms with E-state index in [4.69, 9.17) is 4.74 Å². The molecule has 2 aromatic rings. The number of nitrogens with zero attached hydrogens (tertiary/aromatic N) is 1. The summed E-state index contributed by atoms with van der Waals surface area (Å²) >= 11 is 0.811. The van der Waals surface area contributed by atoms with Gasteiger partial charge in [-0.1, -0.05) is 30.3 Å². The number of hydrogen-bond donors (Lipinski definition) is 0. The Kier molecular flexibility index (Phi) is 4.99. The first-order valence-corrected chi connectivity index (χ1v) is 8.70. The molecule has 134 valence electrons. The smallest absolute Gasteiger partial charge is 0.328 e. The number of thioether (sulfide) groups is 1. The molecular formula is C19H17NO5S. The average Bonchev–Trinajstić information content (AvgIpc) is 2.94. The van der Waals surface area contributed by atoms with Gasteiger partial charge in [-0.05, 0) is 41.8 Å². The van der Waals surface area contributed by atoms with E-state index in [1.165, 1.54) is 14.0 Å². The van der Waals surface area contributed by atoms with Crippen molar-refractivity contribution in [3.05, 3.63) is 46.9 Å². The number of methoxy groups -OCH3 is 2. The maximum atomic E-state index is 12.6. The lowest BCUT2D eigenvalue weighted by Gasteiger charge is -2.18. The maximum absolute atomic E-state index is 12.6. The number of carbonyl (C=O) groups excluding carboxylic acids is 3. The van der Waals surface area contributed by atoms with E-state index in [1.807, 2.05) is 36.4 Å². The van der Waals surface area contributed by atoms with Gasteiger partial charge in [0.2, 0.25) is 0 Å². The summed E-state index contributed by atoms with van der Waals surface area (Å²) in [5, 5.41) is 1.32. The highest BCUT2D eigenvalue weighted by atomic mass is 32.2. The largest absolute Gasteiger partial charge is 0.496 e. The number of amides is 2. The molecule has 26 heavy (non-hydrogen) atoms. The first-order chi connectivity index (χ1) is 12.5. The van der Waals surface area contributed by atoms with Gasteiger partial charge >= 0.3 is 5.97 Å². The molecule has 1 saturated heterocycles. The third kappa shape index (κ3) is 3.06. The van der Waals surface area contributed by atoms with Crippen molar-refractivity contribution < 1.29 is 23.9 Å². The van der Waals surface area contributed by atoms with Crippen LogP contribution in [0.5, 0.6) is 5.75 Å². The van der Waals surface area contributed by atoms with Crippen molar-refractivity contribution >= 4 is 45.7 Å². The summed E-state index contributed by atoms with van der Waals surface area (Å²) in [5.74, 6) is -0.411. The predicted molar refractivity (Wildman–Crippen MR) is 99.8 cm³/mol. The van der Waals surface area contributed by atoms with E-state index < -0.39 is 23.2 Å². The molecular weight excluding hydrogens is 354 g/mol. The van der Waals surface area contributed by atoms with Crippen LogP contribution in [0.4, 0.5) is 4.79 Å². The minimum atomic E-state index is -0.967. The molecule has 0 radical (unpaired) electrons. The molecule has 0 unspecified atom stereocenters. The predicted octanol–water partition coefficient (Wildman–Crippen LogP) is 3.45. The quantitative estimate of drug-likeness (QED) is 0.605. The van der Waals surface area contributed by atoms with Crippen LogP contribution >= 0.6 is 11.8 Å². The Hall–Kier alpha value is -2.80. The number of imide groups is 1. The van der Waals surface area contributed by atoms with E-state index in [0.717, 1.165) is 38.7 Å². The van der Waals surface area contributed by atoms with Crippen molar-refractivity contribution in [1.82, 2.24) is 4.90 Å². The fourth-order valence-corrected chi connectivity index (χ4v) is 3.73. The van der Waals surface area contributed by atoms with E-state index in [2.05, 4.69) is 4.74 Å². The highest BCUT2D eigenvalue weighted by Crippen LogP contribution is 2.36. The zero-order valence-electron chi connectivity index (χ0n) is 14.5. The van der Waals surface area contributed by atoms with Crippen LogP contribution in [0.3, 0.4) is 0 Å². The highest BCUT2D eigenvalue weighted by molar-refractivity contribution is 8.18. The molecule has 1 heterocycles. The molecule has 0 N–H and O–H groups in total. The lowest BCUT2D eigenvalue weighted by Crippen LogP contribution is -2.42. The van der Waals surface area contributed by atoms with Crippen LogP contribution in [0, 0.1) is 0 Å². The van der Waals surface area contributed by atoms with Crippen molar-refractivity contribution in [3.63, 3.8) is 0 Å². The van der Waals surface area contributed by atoms with E-state index in [9.17, 15) is 14.4 Å². The molecule has 7 heteroatoms. The molecule has 2 amide bonds. The summed E-state index contributed by atoms with van der Waals surface area (Å²) in [6.45, 7) is 1.47.